The van der Waals surface area contributed by atoms with Gasteiger partial charge in [-0.05, 0) is 11.6 Å². The molecule has 0 aliphatic rings. The summed E-state index contributed by atoms with van der Waals surface area (Å²) in [6.07, 6.45) is -3.25. The minimum absolute atomic E-state index is 0.458. The van der Waals surface area contributed by atoms with Gasteiger partial charge in [0.1, 0.15) is 16.4 Å². The normalized spacial score (nSPS) is 10.6. The van der Waals surface area contributed by atoms with Gasteiger partial charge in [0.15, 0.2) is 0 Å². The molecule has 0 atom stereocenters. The van der Waals surface area contributed by atoms with E-state index in [2.05, 4.69) is 4.98 Å². The molecule has 0 aliphatic heterocycles. The lowest BCUT2D eigenvalue weighted by Crippen LogP contribution is -2.06. The highest BCUT2D eigenvalue weighted by Gasteiger charge is 2.30. The van der Waals surface area contributed by atoms with Crippen LogP contribution in [0.3, 0.4) is 0 Å². The van der Waals surface area contributed by atoms with E-state index in [1.165, 1.54) is 0 Å². The van der Waals surface area contributed by atoms with Crippen molar-refractivity contribution in [3.8, 4) is 0 Å². The van der Waals surface area contributed by atoms with Gasteiger partial charge in [0.2, 0.25) is 0 Å². The molecule has 0 aromatic carbocycles. The van der Waals surface area contributed by atoms with E-state index in [0.29, 0.717) is 6.07 Å². The van der Waals surface area contributed by atoms with E-state index in [0.717, 1.165) is 0 Å². The van der Waals surface area contributed by atoms with Crippen LogP contribution in [-0.4, -0.2) is 15.1 Å². The Hall–Kier alpha value is -1.34. The molecule has 5 nitrogen and oxygen atoms in total. The molecule has 0 N–H and O–H groups in total. The second-order valence-electron chi connectivity index (χ2n) is 2.56. The first kappa shape index (κ1) is 12.7. The van der Waals surface area contributed by atoms with E-state index in [-0.39, 0.29) is 0 Å². The van der Waals surface area contributed by atoms with Crippen LogP contribution in [0.4, 0.5) is 14.5 Å². The topological polar surface area (TPSA) is 73.1 Å². The van der Waals surface area contributed by atoms with Gasteiger partial charge in [-0.1, -0.05) is 11.6 Å². The molecule has 86 valence electrons. The van der Waals surface area contributed by atoms with Crippen LogP contribution in [-0.2, 0) is 0 Å². The second-order valence-corrected chi connectivity index (χ2v) is 3.29. The fourth-order valence-corrected chi connectivity index (χ4v) is 1.36. The van der Waals surface area contributed by atoms with Gasteiger partial charge < -0.3 is 0 Å². The van der Waals surface area contributed by atoms with Gasteiger partial charge in [-0.2, -0.15) is 0 Å². The molecular formula is C7H2Cl2F2N2O3. The Morgan fingerprint density at radius 3 is 2.50 bits per heavy atom. The SMILES string of the molecule is O=C(Cl)c1nc(Cl)cc([N+](=O)[O-])c1C(F)F. The zero-order valence-corrected chi connectivity index (χ0v) is 8.80. The fraction of sp³-hybridized carbons (Fsp3) is 0.143. The number of nitro groups is 1. The number of carbonyl (C=O) groups is 1. The average Bonchev–Trinajstić information content (AvgIpc) is 2.15. The Bertz CT molecular complexity index is 432. The number of halogens is 4. The molecule has 0 spiro atoms. The number of nitrogens with zero attached hydrogens (tertiary/aromatic N) is 2. The first-order valence-corrected chi connectivity index (χ1v) is 4.43. The summed E-state index contributed by atoms with van der Waals surface area (Å²) in [6.45, 7) is 0. The summed E-state index contributed by atoms with van der Waals surface area (Å²) in [6, 6.07) is 0.631. The van der Waals surface area contributed by atoms with Gasteiger partial charge in [-0.15, -0.1) is 0 Å². The van der Waals surface area contributed by atoms with Gasteiger partial charge in [-0.25, -0.2) is 13.8 Å². The highest BCUT2D eigenvalue weighted by molar-refractivity contribution is 6.67. The summed E-state index contributed by atoms with van der Waals surface area (Å²) in [7, 11) is 0. The number of alkyl halides is 2. The molecular weight excluding hydrogens is 269 g/mol. The van der Waals surface area contributed by atoms with E-state index in [1.54, 1.807) is 0 Å². The predicted octanol–water partition coefficient (Wildman–Crippen LogP) is 2.96. The summed E-state index contributed by atoms with van der Waals surface area (Å²) >= 11 is 10.3. The summed E-state index contributed by atoms with van der Waals surface area (Å²) in [5, 5.41) is 8.69. The van der Waals surface area contributed by atoms with Crippen LogP contribution in [0.1, 0.15) is 22.5 Å². The molecule has 1 aromatic rings. The molecule has 0 saturated heterocycles. The lowest BCUT2D eigenvalue weighted by atomic mass is 10.1. The van der Waals surface area contributed by atoms with Crippen molar-refractivity contribution in [1.82, 2.24) is 4.98 Å². The van der Waals surface area contributed by atoms with Gasteiger partial charge in [0.25, 0.3) is 17.4 Å². The number of carbonyl (C=O) groups excluding carboxylic acids is 1. The quantitative estimate of drug-likeness (QED) is 0.366. The third kappa shape index (κ3) is 2.42. The van der Waals surface area contributed by atoms with E-state index in [9.17, 15) is 23.7 Å². The van der Waals surface area contributed by atoms with Gasteiger partial charge >= 0.3 is 0 Å². The van der Waals surface area contributed by atoms with Crippen molar-refractivity contribution in [2.45, 2.75) is 6.43 Å². The Morgan fingerprint density at radius 2 is 2.12 bits per heavy atom. The highest BCUT2D eigenvalue weighted by atomic mass is 35.5. The number of rotatable bonds is 3. The maximum absolute atomic E-state index is 12.5. The molecule has 0 radical (unpaired) electrons. The van der Waals surface area contributed by atoms with Crippen LogP contribution in [0.2, 0.25) is 5.15 Å². The molecule has 16 heavy (non-hydrogen) atoms. The Balaban J connectivity index is 3.60. The van der Waals surface area contributed by atoms with Crippen LogP contribution in [0.25, 0.3) is 0 Å². The highest BCUT2D eigenvalue weighted by Crippen LogP contribution is 2.33. The van der Waals surface area contributed by atoms with Crippen LogP contribution in [0.5, 0.6) is 0 Å². The zero-order chi connectivity index (χ0) is 12.5. The fourth-order valence-electron chi connectivity index (χ4n) is 1.03. The minimum atomic E-state index is -3.25. The largest absolute Gasteiger partial charge is 0.283 e. The third-order valence-corrected chi connectivity index (χ3v) is 1.98. The molecule has 0 aliphatic carbocycles. The number of hydrogen-bond donors (Lipinski definition) is 0. The Labute approximate surface area is 97.1 Å². The van der Waals surface area contributed by atoms with Crippen molar-refractivity contribution in [1.29, 1.82) is 0 Å². The monoisotopic (exact) mass is 270 g/mol. The molecule has 0 fully saturated rings. The lowest BCUT2D eigenvalue weighted by Gasteiger charge is -2.05. The first-order valence-electron chi connectivity index (χ1n) is 3.67. The molecule has 9 heteroatoms. The Morgan fingerprint density at radius 1 is 1.56 bits per heavy atom. The molecule has 1 aromatic heterocycles. The average molecular weight is 271 g/mol. The van der Waals surface area contributed by atoms with Crippen molar-refractivity contribution in [3.63, 3.8) is 0 Å². The summed E-state index contributed by atoms with van der Waals surface area (Å²) in [5.41, 5.74) is -3.02. The molecule has 1 rings (SSSR count). The summed E-state index contributed by atoms with van der Waals surface area (Å²) in [5.74, 6) is 0. The van der Waals surface area contributed by atoms with Crippen LogP contribution >= 0.6 is 23.2 Å². The van der Waals surface area contributed by atoms with E-state index >= 15 is 0 Å². The van der Waals surface area contributed by atoms with Crippen LogP contribution < -0.4 is 0 Å². The van der Waals surface area contributed by atoms with Crippen molar-refractivity contribution < 1.29 is 18.5 Å². The number of aromatic nitrogens is 1. The van der Waals surface area contributed by atoms with Gasteiger partial charge in [0.05, 0.1) is 11.0 Å². The summed E-state index contributed by atoms with van der Waals surface area (Å²) < 4.78 is 25.1. The molecule has 1 heterocycles. The smallest absolute Gasteiger partial charge is 0.274 e. The standard InChI is InChI=1S/C7H2Cl2F2N2O3/c8-3-1-2(13(15)16)4(7(10)11)5(12-3)6(9)14/h1,7H. The van der Waals surface area contributed by atoms with Crippen molar-refractivity contribution >= 4 is 34.1 Å². The minimum Gasteiger partial charge on any atom is -0.274 e. The maximum atomic E-state index is 12.5. The maximum Gasteiger partial charge on any atom is 0.283 e. The van der Waals surface area contributed by atoms with Crippen LogP contribution in [0.15, 0.2) is 6.07 Å². The molecule has 0 saturated carbocycles. The van der Waals surface area contributed by atoms with E-state index in [4.69, 9.17) is 23.2 Å². The van der Waals surface area contributed by atoms with Gasteiger partial charge in [-0.3, -0.25) is 14.9 Å². The van der Waals surface area contributed by atoms with Crippen molar-refractivity contribution in [2.75, 3.05) is 0 Å². The molecule has 0 unspecified atom stereocenters. The van der Waals surface area contributed by atoms with Crippen molar-refractivity contribution in [2.24, 2.45) is 0 Å². The summed E-state index contributed by atoms with van der Waals surface area (Å²) in [4.78, 5) is 23.4. The predicted molar refractivity (Wildman–Crippen MR) is 51.0 cm³/mol. The molecule has 0 bridgehead atoms. The zero-order valence-electron chi connectivity index (χ0n) is 7.29. The first-order chi connectivity index (χ1) is 7.34. The lowest BCUT2D eigenvalue weighted by molar-refractivity contribution is -0.386. The van der Waals surface area contributed by atoms with Crippen molar-refractivity contribution in [3.05, 3.63) is 32.6 Å². The number of hydrogen-bond acceptors (Lipinski definition) is 4. The van der Waals surface area contributed by atoms with Crippen LogP contribution in [0, 0.1) is 10.1 Å². The molecule has 0 amide bonds. The second kappa shape index (κ2) is 4.67. The van der Waals surface area contributed by atoms with Gasteiger partial charge in [0, 0.05) is 0 Å². The number of pyridine rings is 1. The third-order valence-electron chi connectivity index (χ3n) is 1.61. The van der Waals surface area contributed by atoms with E-state index < -0.39 is 38.7 Å². The van der Waals surface area contributed by atoms with E-state index in [1.807, 2.05) is 0 Å². The Kier molecular flexibility index (Phi) is 3.71.